The number of aromatic nitrogens is 1. The number of pyridine rings is 1. The second-order valence-electron chi connectivity index (χ2n) is 4.37. The minimum absolute atomic E-state index is 0.149. The molecule has 1 atom stereocenters. The van der Waals surface area contributed by atoms with E-state index in [4.69, 9.17) is 0 Å². The summed E-state index contributed by atoms with van der Waals surface area (Å²) in [6.07, 6.45) is 1.79. The summed E-state index contributed by atoms with van der Waals surface area (Å²) in [4.78, 5) is 4.39. The Morgan fingerprint density at radius 3 is 2.72 bits per heavy atom. The molecule has 1 aromatic carbocycles. The number of nitrogens with one attached hydrogen (secondary N) is 1. The van der Waals surface area contributed by atoms with Crippen LogP contribution in [-0.2, 0) is 0 Å². The molecule has 1 N–H and O–H groups in total. The monoisotopic (exact) mass is 244 g/mol. The van der Waals surface area contributed by atoms with Crippen molar-refractivity contribution in [3.05, 3.63) is 65.2 Å². The van der Waals surface area contributed by atoms with Gasteiger partial charge in [-0.3, -0.25) is 4.98 Å². The van der Waals surface area contributed by atoms with E-state index in [9.17, 15) is 4.39 Å². The van der Waals surface area contributed by atoms with Crippen LogP contribution in [0.3, 0.4) is 0 Å². The first-order valence-electron chi connectivity index (χ1n) is 6.04. The summed E-state index contributed by atoms with van der Waals surface area (Å²) >= 11 is 0. The molecule has 3 heteroatoms. The van der Waals surface area contributed by atoms with Crippen molar-refractivity contribution >= 4 is 0 Å². The second kappa shape index (κ2) is 5.74. The number of benzene rings is 1. The van der Waals surface area contributed by atoms with Crippen LogP contribution in [0, 0.1) is 12.7 Å². The van der Waals surface area contributed by atoms with E-state index in [-0.39, 0.29) is 11.7 Å². The van der Waals surface area contributed by atoms with Crippen LogP contribution >= 0.6 is 0 Å². The highest BCUT2D eigenvalue weighted by Crippen LogP contribution is 2.23. The van der Waals surface area contributed by atoms with Gasteiger partial charge < -0.3 is 5.32 Å². The molecule has 0 radical (unpaired) electrons. The lowest BCUT2D eigenvalue weighted by Crippen LogP contribution is -2.19. The third-order valence-corrected chi connectivity index (χ3v) is 3.04. The molecule has 0 saturated heterocycles. The van der Waals surface area contributed by atoms with Crippen molar-refractivity contribution in [3.63, 3.8) is 0 Å². The van der Waals surface area contributed by atoms with Crippen LogP contribution in [0.4, 0.5) is 4.39 Å². The van der Waals surface area contributed by atoms with E-state index in [1.165, 1.54) is 6.07 Å². The van der Waals surface area contributed by atoms with Gasteiger partial charge in [0.2, 0.25) is 0 Å². The molecule has 0 bridgehead atoms. The third-order valence-electron chi connectivity index (χ3n) is 3.04. The summed E-state index contributed by atoms with van der Waals surface area (Å²) in [6, 6.07) is 11.1. The first-order valence-corrected chi connectivity index (χ1v) is 6.04. The van der Waals surface area contributed by atoms with Gasteiger partial charge in [0.15, 0.2) is 0 Å². The predicted molar refractivity (Wildman–Crippen MR) is 71.1 cm³/mol. The maximum absolute atomic E-state index is 13.3. The Morgan fingerprint density at radius 2 is 2.11 bits per heavy atom. The van der Waals surface area contributed by atoms with Gasteiger partial charge in [-0.15, -0.1) is 0 Å². The smallest absolute Gasteiger partial charge is 0.126 e. The van der Waals surface area contributed by atoms with E-state index in [0.717, 1.165) is 17.8 Å². The van der Waals surface area contributed by atoms with Crippen LogP contribution in [0.15, 0.2) is 42.6 Å². The first kappa shape index (κ1) is 12.7. The quantitative estimate of drug-likeness (QED) is 0.894. The molecular formula is C15H17FN2. The van der Waals surface area contributed by atoms with Crippen molar-refractivity contribution in [2.45, 2.75) is 12.8 Å². The predicted octanol–water partition coefficient (Wildman–Crippen LogP) is 2.88. The molecule has 0 saturated carbocycles. The number of rotatable bonds is 4. The van der Waals surface area contributed by atoms with E-state index in [1.807, 2.05) is 37.4 Å². The highest BCUT2D eigenvalue weighted by molar-refractivity contribution is 5.32. The second-order valence-corrected chi connectivity index (χ2v) is 4.37. The van der Waals surface area contributed by atoms with Gasteiger partial charge in [-0.25, -0.2) is 4.39 Å². The Morgan fingerprint density at radius 1 is 1.28 bits per heavy atom. The lowest BCUT2D eigenvalue weighted by Gasteiger charge is -2.17. The largest absolute Gasteiger partial charge is 0.319 e. The molecule has 2 aromatic rings. The third kappa shape index (κ3) is 2.74. The van der Waals surface area contributed by atoms with Crippen LogP contribution < -0.4 is 5.32 Å². The van der Waals surface area contributed by atoms with E-state index in [1.54, 1.807) is 13.1 Å². The highest BCUT2D eigenvalue weighted by Gasteiger charge is 2.15. The average Bonchev–Trinajstić information content (AvgIpc) is 2.40. The fourth-order valence-corrected chi connectivity index (χ4v) is 2.06. The van der Waals surface area contributed by atoms with Crippen molar-refractivity contribution < 1.29 is 4.39 Å². The molecule has 1 unspecified atom stereocenters. The van der Waals surface area contributed by atoms with Gasteiger partial charge in [0.25, 0.3) is 0 Å². The van der Waals surface area contributed by atoms with E-state index in [0.29, 0.717) is 5.56 Å². The van der Waals surface area contributed by atoms with Crippen LogP contribution in [0.1, 0.15) is 22.7 Å². The number of nitrogens with zero attached hydrogens (tertiary/aromatic N) is 1. The van der Waals surface area contributed by atoms with Gasteiger partial charge in [-0.05, 0) is 43.3 Å². The Labute approximate surface area is 107 Å². The minimum atomic E-state index is -0.164. The van der Waals surface area contributed by atoms with Gasteiger partial charge >= 0.3 is 0 Å². The fraction of sp³-hybridized carbons (Fsp3) is 0.267. The van der Waals surface area contributed by atoms with Gasteiger partial charge in [0.1, 0.15) is 5.82 Å². The topological polar surface area (TPSA) is 24.9 Å². The lowest BCUT2D eigenvalue weighted by molar-refractivity contribution is 0.615. The molecule has 1 aromatic heterocycles. The molecule has 94 valence electrons. The van der Waals surface area contributed by atoms with Crippen LogP contribution in [0.25, 0.3) is 0 Å². The normalized spacial score (nSPS) is 12.4. The zero-order valence-electron chi connectivity index (χ0n) is 10.7. The molecule has 0 aliphatic rings. The molecule has 18 heavy (non-hydrogen) atoms. The number of hydrogen-bond acceptors (Lipinski definition) is 2. The van der Waals surface area contributed by atoms with Crippen molar-refractivity contribution in [2.24, 2.45) is 0 Å². The Hall–Kier alpha value is -1.74. The summed E-state index contributed by atoms with van der Waals surface area (Å²) in [6.45, 7) is 2.57. The zero-order chi connectivity index (χ0) is 13.0. The summed E-state index contributed by atoms with van der Waals surface area (Å²) in [5.74, 6) is -0.0153. The SMILES string of the molecule is CNCC(c1ccc(F)c(C)c1)c1ccccn1. The van der Waals surface area contributed by atoms with Gasteiger partial charge in [0, 0.05) is 24.4 Å². The number of halogens is 1. The fourth-order valence-electron chi connectivity index (χ4n) is 2.06. The molecule has 0 amide bonds. The molecule has 1 heterocycles. The first-order chi connectivity index (χ1) is 8.72. The van der Waals surface area contributed by atoms with E-state index < -0.39 is 0 Å². The number of hydrogen-bond donors (Lipinski definition) is 1. The van der Waals surface area contributed by atoms with Crippen LogP contribution in [0.5, 0.6) is 0 Å². The summed E-state index contributed by atoms with van der Waals surface area (Å²) < 4.78 is 13.3. The maximum Gasteiger partial charge on any atom is 0.126 e. The van der Waals surface area contributed by atoms with Crippen molar-refractivity contribution in [2.75, 3.05) is 13.6 Å². The standard InChI is InChI=1S/C15H17FN2/c1-11-9-12(6-7-14(11)16)13(10-17-2)15-5-3-4-8-18-15/h3-9,13,17H,10H2,1-2H3. The summed E-state index contributed by atoms with van der Waals surface area (Å²) in [5, 5.41) is 3.17. The highest BCUT2D eigenvalue weighted by atomic mass is 19.1. The van der Waals surface area contributed by atoms with Gasteiger partial charge in [-0.1, -0.05) is 18.2 Å². The van der Waals surface area contributed by atoms with Crippen molar-refractivity contribution in [1.82, 2.24) is 10.3 Å². The zero-order valence-corrected chi connectivity index (χ0v) is 10.7. The number of aryl methyl sites for hydroxylation is 1. The number of likely N-dealkylation sites (N-methyl/N-ethyl adjacent to an activating group) is 1. The average molecular weight is 244 g/mol. The van der Waals surface area contributed by atoms with Crippen molar-refractivity contribution in [1.29, 1.82) is 0 Å². The Balaban J connectivity index is 2.38. The van der Waals surface area contributed by atoms with Gasteiger partial charge in [0.05, 0.1) is 0 Å². The molecule has 0 aliphatic heterocycles. The van der Waals surface area contributed by atoms with Gasteiger partial charge in [-0.2, -0.15) is 0 Å². The van der Waals surface area contributed by atoms with E-state index >= 15 is 0 Å². The lowest BCUT2D eigenvalue weighted by atomic mass is 9.93. The summed E-state index contributed by atoms with van der Waals surface area (Å²) in [5.41, 5.74) is 2.75. The summed E-state index contributed by atoms with van der Waals surface area (Å²) in [7, 11) is 1.91. The molecule has 0 fully saturated rings. The molecule has 0 aliphatic carbocycles. The molecule has 2 rings (SSSR count). The Bertz CT molecular complexity index is 511. The van der Waals surface area contributed by atoms with Crippen molar-refractivity contribution in [3.8, 4) is 0 Å². The Kier molecular flexibility index (Phi) is 4.05. The molecule has 2 nitrogen and oxygen atoms in total. The molecular weight excluding hydrogens is 227 g/mol. The minimum Gasteiger partial charge on any atom is -0.319 e. The van der Waals surface area contributed by atoms with E-state index in [2.05, 4.69) is 10.3 Å². The molecule has 0 spiro atoms. The van der Waals surface area contributed by atoms with Crippen LogP contribution in [0.2, 0.25) is 0 Å². The van der Waals surface area contributed by atoms with Crippen LogP contribution in [-0.4, -0.2) is 18.6 Å². The maximum atomic E-state index is 13.3.